The van der Waals surface area contributed by atoms with Gasteiger partial charge >= 0.3 is 6.03 Å². The molecule has 1 aliphatic carbocycles. The minimum Gasteiger partial charge on any atom is -0.390 e. The minimum atomic E-state index is -0.602. The zero-order chi connectivity index (χ0) is 19.1. The maximum atomic E-state index is 12.8. The summed E-state index contributed by atoms with van der Waals surface area (Å²) >= 11 is 0. The number of benzene rings is 1. The van der Waals surface area contributed by atoms with E-state index in [0.29, 0.717) is 26.1 Å². The van der Waals surface area contributed by atoms with Crippen molar-refractivity contribution in [1.82, 2.24) is 15.2 Å². The monoisotopic (exact) mass is 367 g/mol. The molecule has 0 aliphatic heterocycles. The lowest BCUT2D eigenvalue weighted by Crippen LogP contribution is -2.41. The van der Waals surface area contributed by atoms with Gasteiger partial charge in [0.15, 0.2) is 0 Å². The van der Waals surface area contributed by atoms with Crippen molar-refractivity contribution in [1.29, 1.82) is 0 Å². The summed E-state index contributed by atoms with van der Waals surface area (Å²) in [6.45, 7) is 3.41. The van der Waals surface area contributed by atoms with E-state index in [2.05, 4.69) is 10.3 Å². The fourth-order valence-electron chi connectivity index (χ4n) is 3.68. The average Bonchev–Trinajstić information content (AvgIpc) is 3.08. The van der Waals surface area contributed by atoms with Crippen LogP contribution in [-0.2, 0) is 13.1 Å². The van der Waals surface area contributed by atoms with E-state index in [0.717, 1.165) is 42.6 Å². The first kappa shape index (κ1) is 19.4. The van der Waals surface area contributed by atoms with Gasteiger partial charge in [-0.15, -0.1) is 0 Å². The predicted molar refractivity (Wildman–Crippen MR) is 106 cm³/mol. The van der Waals surface area contributed by atoms with Gasteiger partial charge in [0.1, 0.15) is 0 Å². The maximum Gasteiger partial charge on any atom is 0.318 e. The van der Waals surface area contributed by atoms with Crippen molar-refractivity contribution in [3.05, 3.63) is 65.5 Å². The number of amides is 2. The number of hydrogen-bond donors (Lipinski definition) is 2. The van der Waals surface area contributed by atoms with Crippen molar-refractivity contribution in [3.63, 3.8) is 0 Å². The van der Waals surface area contributed by atoms with E-state index in [4.69, 9.17) is 0 Å². The van der Waals surface area contributed by atoms with E-state index < -0.39 is 5.60 Å². The summed E-state index contributed by atoms with van der Waals surface area (Å²) in [5.41, 5.74) is 2.29. The topological polar surface area (TPSA) is 65.5 Å². The molecule has 5 nitrogen and oxygen atoms in total. The Morgan fingerprint density at radius 2 is 1.85 bits per heavy atom. The van der Waals surface area contributed by atoms with Gasteiger partial charge in [0.2, 0.25) is 0 Å². The van der Waals surface area contributed by atoms with E-state index in [-0.39, 0.29) is 6.03 Å². The summed E-state index contributed by atoms with van der Waals surface area (Å²) in [7, 11) is 0. The van der Waals surface area contributed by atoms with Crippen molar-refractivity contribution in [2.24, 2.45) is 0 Å². The van der Waals surface area contributed by atoms with E-state index in [1.165, 1.54) is 0 Å². The SMILES string of the molecule is Cc1cccc(CN(Cc2ccccc2)C(=O)NCCC2(O)CCCC2)n1. The molecule has 1 saturated carbocycles. The van der Waals surface area contributed by atoms with Gasteiger partial charge in [-0.2, -0.15) is 0 Å². The third-order valence-corrected chi connectivity index (χ3v) is 5.20. The first-order chi connectivity index (χ1) is 13.0. The molecule has 27 heavy (non-hydrogen) atoms. The van der Waals surface area contributed by atoms with Crippen molar-refractivity contribution in [3.8, 4) is 0 Å². The highest BCUT2D eigenvalue weighted by molar-refractivity contribution is 5.74. The normalized spacial score (nSPS) is 15.5. The van der Waals surface area contributed by atoms with E-state index in [1.54, 1.807) is 4.90 Å². The molecular formula is C22H29N3O2. The molecule has 0 bridgehead atoms. The zero-order valence-corrected chi connectivity index (χ0v) is 16.0. The summed E-state index contributed by atoms with van der Waals surface area (Å²) < 4.78 is 0. The van der Waals surface area contributed by atoms with E-state index in [1.807, 2.05) is 55.5 Å². The van der Waals surface area contributed by atoms with Crippen molar-refractivity contribution in [2.45, 2.75) is 57.7 Å². The molecule has 0 radical (unpaired) electrons. The van der Waals surface area contributed by atoms with Gasteiger partial charge < -0.3 is 15.3 Å². The van der Waals surface area contributed by atoms with Gasteiger partial charge in [-0.25, -0.2) is 4.79 Å². The highest BCUT2D eigenvalue weighted by Crippen LogP contribution is 2.31. The second-order valence-electron chi connectivity index (χ2n) is 7.53. The van der Waals surface area contributed by atoms with Gasteiger partial charge in [0, 0.05) is 18.8 Å². The molecule has 5 heteroatoms. The Morgan fingerprint density at radius 3 is 2.56 bits per heavy atom. The zero-order valence-electron chi connectivity index (χ0n) is 16.0. The minimum absolute atomic E-state index is 0.122. The molecule has 0 atom stereocenters. The molecular weight excluding hydrogens is 338 g/mol. The number of aliphatic hydroxyl groups is 1. The highest BCUT2D eigenvalue weighted by atomic mass is 16.3. The highest BCUT2D eigenvalue weighted by Gasteiger charge is 2.30. The summed E-state index contributed by atoms with van der Waals surface area (Å²) in [6.07, 6.45) is 4.43. The molecule has 0 saturated heterocycles. The fraction of sp³-hybridized carbons (Fsp3) is 0.455. The summed E-state index contributed by atoms with van der Waals surface area (Å²) in [5.74, 6) is 0. The van der Waals surface area contributed by atoms with Crippen LogP contribution >= 0.6 is 0 Å². The molecule has 3 rings (SSSR count). The first-order valence-corrected chi connectivity index (χ1v) is 9.76. The van der Waals surface area contributed by atoms with Crippen molar-refractivity contribution < 1.29 is 9.90 Å². The number of nitrogens with zero attached hydrogens (tertiary/aromatic N) is 2. The molecule has 2 N–H and O–H groups in total. The molecule has 2 amide bonds. The Balaban J connectivity index is 1.63. The number of rotatable bonds is 7. The maximum absolute atomic E-state index is 12.8. The first-order valence-electron chi connectivity index (χ1n) is 9.76. The van der Waals surface area contributed by atoms with Crippen LogP contribution in [-0.4, -0.2) is 33.2 Å². The number of aryl methyl sites for hydroxylation is 1. The Morgan fingerprint density at radius 1 is 1.11 bits per heavy atom. The van der Waals surface area contributed by atoms with Crippen molar-refractivity contribution >= 4 is 6.03 Å². The van der Waals surface area contributed by atoms with E-state index >= 15 is 0 Å². The van der Waals surface area contributed by atoms with Gasteiger partial charge in [0.05, 0.1) is 17.8 Å². The second kappa shape index (κ2) is 9.00. The van der Waals surface area contributed by atoms with Gasteiger partial charge in [-0.1, -0.05) is 49.2 Å². The van der Waals surface area contributed by atoms with Crippen molar-refractivity contribution in [2.75, 3.05) is 6.54 Å². The lowest BCUT2D eigenvalue weighted by molar-refractivity contribution is 0.0394. The number of pyridine rings is 1. The van der Waals surface area contributed by atoms with Crippen LogP contribution in [0.1, 0.15) is 49.1 Å². The molecule has 1 aliphatic rings. The van der Waals surface area contributed by atoms with Gasteiger partial charge in [-0.05, 0) is 43.9 Å². The number of carbonyl (C=O) groups excluding carboxylic acids is 1. The lowest BCUT2D eigenvalue weighted by atomic mass is 9.98. The van der Waals surface area contributed by atoms with E-state index in [9.17, 15) is 9.90 Å². The number of hydrogen-bond acceptors (Lipinski definition) is 3. The second-order valence-corrected chi connectivity index (χ2v) is 7.53. The number of aromatic nitrogens is 1. The van der Waals surface area contributed by atoms with Crippen LogP contribution in [0, 0.1) is 6.92 Å². The predicted octanol–water partition coefficient (Wildman–Crippen LogP) is 3.80. The average molecular weight is 367 g/mol. The van der Waals surface area contributed by atoms with Gasteiger partial charge in [-0.3, -0.25) is 4.98 Å². The molecule has 0 spiro atoms. The largest absolute Gasteiger partial charge is 0.390 e. The lowest BCUT2D eigenvalue weighted by Gasteiger charge is -2.25. The van der Waals surface area contributed by atoms with Crippen LogP contribution in [0.25, 0.3) is 0 Å². The molecule has 0 unspecified atom stereocenters. The quantitative estimate of drug-likeness (QED) is 0.782. The Labute approximate surface area is 161 Å². The van der Waals surface area contributed by atoms with Crippen LogP contribution < -0.4 is 5.32 Å². The van der Waals surface area contributed by atoms with Crippen LogP contribution in [0.3, 0.4) is 0 Å². The number of urea groups is 1. The summed E-state index contributed by atoms with van der Waals surface area (Å²) in [4.78, 5) is 19.1. The smallest absolute Gasteiger partial charge is 0.318 e. The van der Waals surface area contributed by atoms with Crippen LogP contribution in [0.15, 0.2) is 48.5 Å². The number of carbonyl (C=O) groups is 1. The Kier molecular flexibility index (Phi) is 6.45. The molecule has 2 aromatic rings. The molecule has 1 fully saturated rings. The standard InChI is InChI=1S/C22H29N3O2/c1-18-8-7-11-20(24-18)17-25(16-19-9-3-2-4-10-19)21(26)23-15-14-22(27)12-5-6-13-22/h2-4,7-11,27H,5-6,12-17H2,1H3,(H,23,26). The summed E-state index contributed by atoms with van der Waals surface area (Å²) in [6, 6.07) is 15.7. The van der Waals surface area contributed by atoms with Crippen LogP contribution in [0.4, 0.5) is 4.79 Å². The molecule has 1 heterocycles. The van der Waals surface area contributed by atoms with Crippen LogP contribution in [0.2, 0.25) is 0 Å². The molecule has 144 valence electrons. The third kappa shape index (κ3) is 5.79. The number of nitrogens with one attached hydrogen (secondary N) is 1. The third-order valence-electron chi connectivity index (χ3n) is 5.20. The van der Waals surface area contributed by atoms with Gasteiger partial charge in [0.25, 0.3) is 0 Å². The Bertz CT molecular complexity index is 742. The Hall–Kier alpha value is -2.40. The fourth-order valence-corrected chi connectivity index (χ4v) is 3.68. The molecule has 1 aromatic heterocycles. The summed E-state index contributed by atoms with van der Waals surface area (Å²) in [5, 5.41) is 13.5. The van der Waals surface area contributed by atoms with Crippen LogP contribution in [0.5, 0.6) is 0 Å². The molecule has 1 aromatic carbocycles.